The number of carbonyl (C=O) groups is 2. The first-order valence-electron chi connectivity index (χ1n) is 15.3. The van der Waals surface area contributed by atoms with Crippen molar-refractivity contribution >= 4 is 12.2 Å². The molecule has 1 heterocycles. The highest BCUT2D eigenvalue weighted by Gasteiger charge is 2.35. The zero-order chi connectivity index (χ0) is 27.6. The number of amides is 2. The summed E-state index contributed by atoms with van der Waals surface area (Å²) in [6.07, 6.45) is 17.0. The van der Waals surface area contributed by atoms with Crippen LogP contribution < -0.4 is 0 Å². The molecular formula is C32H54N2O4. The van der Waals surface area contributed by atoms with Crippen LogP contribution in [-0.2, 0) is 16.1 Å². The molecule has 1 aliphatic heterocycles. The Morgan fingerprint density at radius 3 is 1.97 bits per heavy atom. The number of hydrogen-bond acceptors (Lipinski definition) is 4. The van der Waals surface area contributed by atoms with E-state index >= 15 is 0 Å². The third-order valence-corrected chi connectivity index (χ3v) is 7.20. The van der Waals surface area contributed by atoms with Crippen LogP contribution in [0.15, 0.2) is 30.3 Å². The summed E-state index contributed by atoms with van der Waals surface area (Å²) in [6, 6.07) is 9.74. The van der Waals surface area contributed by atoms with Crippen molar-refractivity contribution in [3.05, 3.63) is 35.9 Å². The van der Waals surface area contributed by atoms with Gasteiger partial charge in [-0.1, -0.05) is 114 Å². The standard InChI is InChI=1S/C32H54N2O4/c1-5-6-7-8-9-10-11-12-13-14-15-16-20-24-34(31(36)37-27-28-21-18-17-19-22-28)29-23-25-33(26-29)30(35)38-32(2,3)4/h17-19,21-22,29H,5-16,20,23-27H2,1-4H3/t29-/m1/s1. The van der Waals surface area contributed by atoms with Gasteiger partial charge in [0.05, 0.1) is 6.04 Å². The molecule has 0 N–H and O–H groups in total. The molecule has 0 bridgehead atoms. The van der Waals surface area contributed by atoms with Crippen molar-refractivity contribution in [3.63, 3.8) is 0 Å². The lowest BCUT2D eigenvalue weighted by molar-refractivity contribution is 0.0272. The molecule has 6 nitrogen and oxygen atoms in total. The predicted molar refractivity (Wildman–Crippen MR) is 155 cm³/mol. The molecular weight excluding hydrogens is 476 g/mol. The average molecular weight is 531 g/mol. The van der Waals surface area contributed by atoms with Gasteiger partial charge in [-0.05, 0) is 39.2 Å². The van der Waals surface area contributed by atoms with Crippen molar-refractivity contribution in [1.29, 1.82) is 0 Å². The fraction of sp³-hybridized carbons (Fsp3) is 0.750. The minimum Gasteiger partial charge on any atom is -0.445 e. The van der Waals surface area contributed by atoms with E-state index in [1.165, 1.54) is 70.6 Å². The Morgan fingerprint density at radius 2 is 1.42 bits per heavy atom. The normalized spacial score (nSPS) is 15.5. The van der Waals surface area contributed by atoms with Crippen LogP contribution in [0.2, 0.25) is 0 Å². The van der Waals surface area contributed by atoms with E-state index < -0.39 is 5.60 Å². The van der Waals surface area contributed by atoms with Gasteiger partial charge in [-0.25, -0.2) is 9.59 Å². The summed E-state index contributed by atoms with van der Waals surface area (Å²) in [4.78, 5) is 29.3. The summed E-state index contributed by atoms with van der Waals surface area (Å²) in [5.41, 5.74) is 0.446. The maximum Gasteiger partial charge on any atom is 0.410 e. The van der Waals surface area contributed by atoms with Crippen LogP contribution in [0.5, 0.6) is 0 Å². The third-order valence-electron chi connectivity index (χ3n) is 7.20. The molecule has 2 rings (SSSR count). The summed E-state index contributed by atoms with van der Waals surface area (Å²) in [7, 11) is 0. The van der Waals surface area contributed by atoms with E-state index in [1.807, 2.05) is 56.0 Å². The van der Waals surface area contributed by atoms with Crippen molar-refractivity contribution in [2.45, 2.75) is 136 Å². The molecule has 2 amide bonds. The van der Waals surface area contributed by atoms with Crippen LogP contribution in [0.3, 0.4) is 0 Å². The molecule has 6 heteroatoms. The Balaban J connectivity index is 1.73. The molecule has 0 aromatic heterocycles. The highest BCUT2D eigenvalue weighted by Crippen LogP contribution is 2.21. The zero-order valence-electron chi connectivity index (χ0n) is 24.7. The Hall–Kier alpha value is -2.24. The molecule has 0 aliphatic carbocycles. The lowest BCUT2D eigenvalue weighted by atomic mass is 10.0. The molecule has 1 saturated heterocycles. The fourth-order valence-electron chi connectivity index (χ4n) is 5.01. The van der Waals surface area contributed by atoms with Gasteiger partial charge in [-0.15, -0.1) is 0 Å². The maximum absolute atomic E-state index is 13.1. The molecule has 0 radical (unpaired) electrons. The number of benzene rings is 1. The number of unbranched alkanes of at least 4 members (excludes halogenated alkanes) is 12. The Bertz CT molecular complexity index is 777. The van der Waals surface area contributed by atoms with Gasteiger partial charge in [0.2, 0.25) is 0 Å². The second-order valence-corrected chi connectivity index (χ2v) is 11.8. The minimum absolute atomic E-state index is 0.0388. The zero-order valence-corrected chi connectivity index (χ0v) is 24.7. The van der Waals surface area contributed by atoms with E-state index in [1.54, 1.807) is 4.90 Å². The molecule has 216 valence electrons. The van der Waals surface area contributed by atoms with E-state index in [0.29, 0.717) is 19.6 Å². The van der Waals surface area contributed by atoms with Gasteiger partial charge < -0.3 is 19.3 Å². The van der Waals surface area contributed by atoms with Crippen molar-refractivity contribution < 1.29 is 19.1 Å². The van der Waals surface area contributed by atoms with E-state index in [9.17, 15) is 9.59 Å². The SMILES string of the molecule is CCCCCCCCCCCCCCCN(C(=O)OCc1ccccc1)[C@@H]1CCN(C(=O)OC(C)(C)C)C1. The Kier molecular flexibility index (Phi) is 15.2. The van der Waals surface area contributed by atoms with Gasteiger partial charge >= 0.3 is 12.2 Å². The van der Waals surface area contributed by atoms with Crippen LogP contribution in [0, 0.1) is 0 Å². The molecule has 1 aliphatic rings. The molecule has 1 aromatic rings. The van der Waals surface area contributed by atoms with Gasteiger partial charge in [0, 0.05) is 19.6 Å². The van der Waals surface area contributed by atoms with Crippen LogP contribution >= 0.6 is 0 Å². The second kappa shape index (κ2) is 18.1. The molecule has 38 heavy (non-hydrogen) atoms. The topological polar surface area (TPSA) is 59.1 Å². The first-order chi connectivity index (χ1) is 18.3. The summed E-state index contributed by atoms with van der Waals surface area (Å²) in [5.74, 6) is 0. The van der Waals surface area contributed by atoms with Gasteiger partial charge in [0.25, 0.3) is 0 Å². The number of nitrogens with zero attached hydrogens (tertiary/aromatic N) is 2. The molecule has 0 unspecified atom stereocenters. The highest BCUT2D eigenvalue weighted by molar-refractivity contribution is 5.70. The largest absolute Gasteiger partial charge is 0.445 e. The summed E-state index contributed by atoms with van der Waals surface area (Å²) in [6.45, 7) is 9.91. The van der Waals surface area contributed by atoms with Gasteiger partial charge in [0.1, 0.15) is 12.2 Å². The number of carbonyl (C=O) groups excluding carboxylic acids is 2. The van der Waals surface area contributed by atoms with Crippen LogP contribution in [0.4, 0.5) is 9.59 Å². The van der Waals surface area contributed by atoms with Crippen LogP contribution in [-0.4, -0.2) is 53.3 Å². The Morgan fingerprint density at radius 1 is 0.868 bits per heavy atom. The van der Waals surface area contributed by atoms with Crippen molar-refractivity contribution in [2.75, 3.05) is 19.6 Å². The smallest absolute Gasteiger partial charge is 0.410 e. The van der Waals surface area contributed by atoms with Crippen molar-refractivity contribution in [3.8, 4) is 0 Å². The monoisotopic (exact) mass is 530 g/mol. The average Bonchev–Trinajstić information content (AvgIpc) is 3.37. The predicted octanol–water partition coefficient (Wildman–Crippen LogP) is 8.73. The van der Waals surface area contributed by atoms with E-state index in [2.05, 4.69) is 6.92 Å². The third kappa shape index (κ3) is 13.5. The first kappa shape index (κ1) is 32.0. The van der Waals surface area contributed by atoms with Crippen LogP contribution in [0.1, 0.15) is 123 Å². The van der Waals surface area contributed by atoms with Crippen molar-refractivity contribution in [2.24, 2.45) is 0 Å². The molecule has 1 atom stereocenters. The summed E-state index contributed by atoms with van der Waals surface area (Å²) >= 11 is 0. The number of likely N-dealkylation sites (tertiary alicyclic amines) is 1. The fourth-order valence-corrected chi connectivity index (χ4v) is 5.01. The number of rotatable bonds is 17. The molecule has 1 aromatic carbocycles. The minimum atomic E-state index is -0.530. The molecule has 0 spiro atoms. The van der Waals surface area contributed by atoms with Gasteiger partial charge in [-0.3, -0.25) is 0 Å². The van der Waals surface area contributed by atoms with E-state index in [0.717, 1.165) is 24.8 Å². The van der Waals surface area contributed by atoms with E-state index in [4.69, 9.17) is 9.47 Å². The van der Waals surface area contributed by atoms with Gasteiger partial charge in [0.15, 0.2) is 0 Å². The second-order valence-electron chi connectivity index (χ2n) is 11.8. The van der Waals surface area contributed by atoms with Crippen LogP contribution in [0.25, 0.3) is 0 Å². The first-order valence-corrected chi connectivity index (χ1v) is 15.3. The van der Waals surface area contributed by atoms with Gasteiger partial charge in [-0.2, -0.15) is 0 Å². The lowest BCUT2D eigenvalue weighted by Gasteiger charge is -2.29. The maximum atomic E-state index is 13.1. The quantitative estimate of drug-likeness (QED) is 0.189. The Labute approximate surface area is 232 Å². The number of hydrogen-bond donors (Lipinski definition) is 0. The van der Waals surface area contributed by atoms with E-state index in [-0.39, 0.29) is 24.8 Å². The van der Waals surface area contributed by atoms with Crippen molar-refractivity contribution in [1.82, 2.24) is 9.80 Å². The summed E-state index contributed by atoms with van der Waals surface area (Å²) < 4.78 is 11.2. The number of ether oxygens (including phenoxy) is 2. The highest BCUT2D eigenvalue weighted by atomic mass is 16.6. The summed E-state index contributed by atoms with van der Waals surface area (Å²) in [5, 5.41) is 0. The molecule has 1 fully saturated rings. The molecule has 0 saturated carbocycles. The lowest BCUT2D eigenvalue weighted by Crippen LogP contribution is -2.44.